The highest BCUT2D eigenvalue weighted by Gasteiger charge is 1.88. The van der Waals surface area contributed by atoms with Crippen LogP contribution in [0.1, 0.15) is 12.0 Å². The van der Waals surface area contributed by atoms with Gasteiger partial charge in [0.25, 0.3) is 0 Å². The van der Waals surface area contributed by atoms with Crippen molar-refractivity contribution in [3.05, 3.63) is 29.8 Å². The fourth-order valence-electron chi connectivity index (χ4n) is 0.886. The summed E-state index contributed by atoms with van der Waals surface area (Å²) in [7, 11) is 0. The van der Waals surface area contributed by atoms with Gasteiger partial charge in [0.1, 0.15) is 0 Å². The van der Waals surface area contributed by atoms with E-state index in [4.69, 9.17) is 11.6 Å². The largest absolute Gasteiger partial charge is 0.130 e. The van der Waals surface area contributed by atoms with Gasteiger partial charge in [0.05, 0.1) is 0 Å². The standard InChI is InChI=1S/C11H11ClS/c1-13-11-7-5-10(6-8-11)4-2-3-9-12/h5-8H,3,9H2,1H3. The second-order valence-corrected chi connectivity index (χ2v) is 3.73. The predicted molar refractivity (Wildman–Crippen MR) is 60.4 cm³/mol. The van der Waals surface area contributed by atoms with E-state index >= 15 is 0 Å². The summed E-state index contributed by atoms with van der Waals surface area (Å²) in [5, 5.41) is 0. The van der Waals surface area contributed by atoms with Crippen molar-refractivity contribution >= 4 is 23.4 Å². The third-order valence-electron chi connectivity index (χ3n) is 1.54. The van der Waals surface area contributed by atoms with Gasteiger partial charge in [0, 0.05) is 22.8 Å². The number of benzene rings is 1. The molecule has 0 heterocycles. The number of thioether (sulfide) groups is 1. The minimum absolute atomic E-state index is 0.607. The quantitative estimate of drug-likeness (QED) is 0.410. The van der Waals surface area contributed by atoms with Crippen LogP contribution >= 0.6 is 23.4 Å². The maximum Gasteiger partial charge on any atom is 0.0333 e. The number of hydrogen-bond acceptors (Lipinski definition) is 1. The van der Waals surface area contributed by atoms with Crippen molar-refractivity contribution in [3.63, 3.8) is 0 Å². The van der Waals surface area contributed by atoms with E-state index in [-0.39, 0.29) is 0 Å². The number of halogens is 1. The van der Waals surface area contributed by atoms with Gasteiger partial charge in [-0.15, -0.1) is 23.4 Å². The first-order valence-corrected chi connectivity index (χ1v) is 5.81. The molecule has 0 aliphatic carbocycles. The summed E-state index contributed by atoms with van der Waals surface area (Å²) in [5.41, 5.74) is 1.06. The molecule has 0 saturated carbocycles. The van der Waals surface area contributed by atoms with Crippen LogP contribution in [-0.2, 0) is 0 Å². The Balaban J connectivity index is 2.65. The highest BCUT2D eigenvalue weighted by atomic mass is 35.5. The Hall–Kier alpha value is -0.580. The van der Waals surface area contributed by atoms with Gasteiger partial charge in [0.2, 0.25) is 0 Å². The van der Waals surface area contributed by atoms with E-state index in [1.54, 1.807) is 11.8 Å². The second-order valence-electron chi connectivity index (χ2n) is 2.47. The van der Waals surface area contributed by atoms with Crippen molar-refractivity contribution in [2.24, 2.45) is 0 Å². The van der Waals surface area contributed by atoms with Crippen LogP contribution in [0.2, 0.25) is 0 Å². The van der Waals surface area contributed by atoms with Crippen LogP contribution in [0.5, 0.6) is 0 Å². The van der Waals surface area contributed by atoms with Gasteiger partial charge < -0.3 is 0 Å². The van der Waals surface area contributed by atoms with E-state index in [1.807, 2.05) is 12.1 Å². The molecular formula is C11H11ClS. The molecule has 0 radical (unpaired) electrons. The molecule has 0 nitrogen and oxygen atoms in total. The molecule has 0 saturated heterocycles. The average Bonchev–Trinajstić information content (AvgIpc) is 2.19. The van der Waals surface area contributed by atoms with Crippen molar-refractivity contribution in [3.8, 4) is 11.8 Å². The summed E-state index contributed by atoms with van der Waals surface area (Å²) in [6.07, 6.45) is 2.82. The number of hydrogen-bond donors (Lipinski definition) is 0. The summed E-state index contributed by atoms with van der Waals surface area (Å²) in [6.45, 7) is 0. The molecule has 0 bridgehead atoms. The van der Waals surface area contributed by atoms with Crippen molar-refractivity contribution in [1.82, 2.24) is 0 Å². The summed E-state index contributed by atoms with van der Waals surface area (Å²) < 4.78 is 0. The molecule has 0 fully saturated rings. The van der Waals surface area contributed by atoms with Gasteiger partial charge in [-0.1, -0.05) is 11.8 Å². The molecule has 0 aliphatic rings. The average molecular weight is 211 g/mol. The molecular weight excluding hydrogens is 200 g/mol. The van der Waals surface area contributed by atoms with Crippen molar-refractivity contribution < 1.29 is 0 Å². The van der Waals surface area contributed by atoms with E-state index < -0.39 is 0 Å². The zero-order chi connectivity index (χ0) is 9.52. The van der Waals surface area contributed by atoms with Crippen molar-refractivity contribution in [1.29, 1.82) is 0 Å². The SMILES string of the molecule is CSc1ccc(C#CCCCl)cc1. The summed E-state index contributed by atoms with van der Waals surface area (Å²) in [4.78, 5) is 1.27. The lowest BCUT2D eigenvalue weighted by molar-refractivity contribution is 1.29. The van der Waals surface area contributed by atoms with Crippen LogP contribution in [0.25, 0.3) is 0 Å². The van der Waals surface area contributed by atoms with E-state index in [0.29, 0.717) is 5.88 Å². The van der Waals surface area contributed by atoms with Gasteiger partial charge in [-0.3, -0.25) is 0 Å². The highest BCUT2D eigenvalue weighted by molar-refractivity contribution is 7.98. The molecule has 0 N–H and O–H groups in total. The number of rotatable bonds is 2. The van der Waals surface area contributed by atoms with Crippen LogP contribution in [0.4, 0.5) is 0 Å². The van der Waals surface area contributed by atoms with Crippen LogP contribution < -0.4 is 0 Å². The first-order valence-electron chi connectivity index (χ1n) is 4.05. The third kappa shape index (κ3) is 3.76. The topological polar surface area (TPSA) is 0 Å². The molecule has 1 rings (SSSR count). The lowest BCUT2D eigenvalue weighted by Gasteiger charge is -1.94. The Morgan fingerprint density at radius 1 is 1.31 bits per heavy atom. The second kappa shape index (κ2) is 5.96. The minimum atomic E-state index is 0.607. The van der Waals surface area contributed by atoms with Crippen LogP contribution in [0.15, 0.2) is 29.2 Å². The fraction of sp³-hybridized carbons (Fsp3) is 0.273. The smallest absolute Gasteiger partial charge is 0.0333 e. The van der Waals surface area contributed by atoms with Gasteiger partial charge in [-0.2, -0.15) is 0 Å². The lowest BCUT2D eigenvalue weighted by Crippen LogP contribution is -1.75. The van der Waals surface area contributed by atoms with Crippen molar-refractivity contribution in [2.75, 3.05) is 12.1 Å². The van der Waals surface area contributed by atoms with Gasteiger partial charge in [-0.25, -0.2) is 0 Å². The maximum absolute atomic E-state index is 5.51. The molecule has 0 spiro atoms. The van der Waals surface area contributed by atoms with Gasteiger partial charge in [0.15, 0.2) is 0 Å². The molecule has 68 valence electrons. The van der Waals surface area contributed by atoms with Crippen LogP contribution in [0.3, 0.4) is 0 Å². The van der Waals surface area contributed by atoms with E-state index in [9.17, 15) is 0 Å². The first-order chi connectivity index (χ1) is 6.36. The first kappa shape index (κ1) is 10.5. The minimum Gasteiger partial charge on any atom is -0.130 e. The Morgan fingerprint density at radius 3 is 2.54 bits per heavy atom. The monoisotopic (exact) mass is 210 g/mol. The fourth-order valence-corrected chi connectivity index (χ4v) is 1.39. The Bertz CT molecular complexity index is 305. The van der Waals surface area contributed by atoms with E-state index in [0.717, 1.165) is 12.0 Å². The molecule has 2 heteroatoms. The molecule has 0 atom stereocenters. The summed E-state index contributed by atoms with van der Waals surface area (Å²) >= 11 is 7.25. The Morgan fingerprint density at radius 2 is 2.00 bits per heavy atom. The van der Waals surface area contributed by atoms with E-state index in [1.165, 1.54) is 4.90 Å². The molecule has 0 aliphatic heterocycles. The van der Waals surface area contributed by atoms with Gasteiger partial charge >= 0.3 is 0 Å². The molecule has 0 unspecified atom stereocenters. The Kier molecular flexibility index (Phi) is 4.82. The maximum atomic E-state index is 5.51. The Labute approximate surface area is 88.7 Å². The van der Waals surface area contributed by atoms with Crippen LogP contribution in [-0.4, -0.2) is 12.1 Å². The van der Waals surface area contributed by atoms with Crippen LogP contribution in [0, 0.1) is 11.8 Å². The molecule has 13 heavy (non-hydrogen) atoms. The molecule has 0 amide bonds. The normalized spacial score (nSPS) is 9.08. The molecule has 1 aromatic carbocycles. The highest BCUT2D eigenvalue weighted by Crippen LogP contribution is 2.14. The zero-order valence-electron chi connectivity index (χ0n) is 7.51. The molecule has 0 aromatic heterocycles. The number of alkyl halides is 1. The predicted octanol–water partition coefficient (Wildman–Crippen LogP) is 3.39. The molecule has 1 aromatic rings. The summed E-state index contributed by atoms with van der Waals surface area (Å²) in [5.74, 6) is 6.66. The zero-order valence-corrected chi connectivity index (χ0v) is 9.08. The third-order valence-corrected chi connectivity index (χ3v) is 2.47. The lowest BCUT2D eigenvalue weighted by atomic mass is 10.2. The summed E-state index contributed by atoms with van der Waals surface area (Å²) in [6, 6.07) is 8.23. The van der Waals surface area contributed by atoms with Crippen molar-refractivity contribution in [2.45, 2.75) is 11.3 Å². The van der Waals surface area contributed by atoms with Gasteiger partial charge in [-0.05, 0) is 30.5 Å². The van der Waals surface area contributed by atoms with E-state index in [2.05, 4.69) is 30.2 Å².